The van der Waals surface area contributed by atoms with Crippen molar-refractivity contribution in [1.82, 2.24) is 0 Å². The van der Waals surface area contributed by atoms with Crippen molar-refractivity contribution in [3.63, 3.8) is 0 Å². The summed E-state index contributed by atoms with van der Waals surface area (Å²) >= 11 is 0. The Labute approximate surface area is 55.4 Å². The first-order chi connectivity index (χ1) is 3.12. The van der Waals surface area contributed by atoms with Crippen LogP contribution in [0.2, 0.25) is 0 Å². The second-order valence-electron chi connectivity index (χ2n) is 0.607. The van der Waals surface area contributed by atoms with Crippen molar-refractivity contribution < 1.29 is 28.0 Å². The predicted octanol–water partition coefficient (Wildman–Crippen LogP) is 0.240. The van der Waals surface area contributed by atoms with Crippen molar-refractivity contribution in [3.8, 4) is 0 Å². The number of hydrogen-bond donors (Lipinski definition) is 1. The molecule has 0 spiro atoms. The van der Waals surface area contributed by atoms with Crippen LogP contribution >= 0.6 is 7.82 Å². The molecule has 0 bridgehead atoms. The van der Waals surface area contributed by atoms with Crippen LogP contribution in [0.1, 0.15) is 0 Å². The molecule has 8 heavy (non-hydrogen) atoms. The summed E-state index contributed by atoms with van der Waals surface area (Å²) in [4.78, 5) is 7.49. The van der Waals surface area contributed by atoms with Crippen molar-refractivity contribution in [1.29, 1.82) is 0 Å². The molecule has 1 N–H and O–H groups in total. The van der Waals surface area contributed by atoms with E-state index in [1.165, 1.54) is 0 Å². The van der Waals surface area contributed by atoms with E-state index in [2.05, 4.69) is 9.46 Å². The van der Waals surface area contributed by atoms with Gasteiger partial charge in [0.2, 0.25) is 0 Å². The van der Waals surface area contributed by atoms with Gasteiger partial charge in [-0.1, -0.05) is 9.46 Å². The molecule has 0 saturated carbocycles. The maximum atomic E-state index is 10.4. The Bertz CT molecular complexity index is 86.0. The van der Waals surface area contributed by atoms with Gasteiger partial charge in [-0.3, -0.25) is 4.89 Å². The number of phosphoric acid groups is 1. The molecular formula is H2F2LiO4P. The van der Waals surface area contributed by atoms with Gasteiger partial charge in [-0.25, -0.2) is 4.57 Å². The van der Waals surface area contributed by atoms with Crippen LogP contribution in [0.25, 0.3) is 0 Å². The minimum atomic E-state index is -4.99. The molecule has 0 aromatic rings. The van der Waals surface area contributed by atoms with Crippen molar-refractivity contribution in [2.24, 2.45) is 0 Å². The Hall–Kier alpha value is 0.567. The fourth-order valence-electron chi connectivity index (χ4n) is 0.0106. The Morgan fingerprint density at radius 1 is 1.38 bits per heavy atom. The monoisotopic (exact) mass is 142 g/mol. The molecule has 0 radical (unpaired) electrons. The zero-order valence-electron chi connectivity index (χ0n) is 2.88. The van der Waals surface area contributed by atoms with Crippen molar-refractivity contribution >= 4 is 26.7 Å². The summed E-state index contributed by atoms with van der Waals surface area (Å²) < 4.78 is 34.3. The summed E-state index contributed by atoms with van der Waals surface area (Å²) in [6, 6.07) is 0. The Morgan fingerprint density at radius 3 is 1.62 bits per heavy atom. The fourth-order valence-corrected chi connectivity index (χ4v) is 0.0319. The van der Waals surface area contributed by atoms with Gasteiger partial charge in [-0.2, -0.15) is 0 Å². The molecule has 0 saturated heterocycles. The van der Waals surface area contributed by atoms with Crippen LogP contribution in [0.4, 0.5) is 9.05 Å². The molecule has 0 rings (SSSR count). The summed E-state index contributed by atoms with van der Waals surface area (Å²) in [5, 5.41) is 0. The van der Waals surface area contributed by atoms with E-state index in [1.807, 2.05) is 0 Å². The molecule has 46 valence electrons. The molecule has 0 amide bonds. The van der Waals surface area contributed by atoms with Gasteiger partial charge >= 0.3 is 26.7 Å². The quantitative estimate of drug-likeness (QED) is 0.443. The average Bonchev–Trinajstić information content (AvgIpc) is 1.68. The van der Waals surface area contributed by atoms with Crippen LogP contribution in [0.5, 0.6) is 0 Å². The first kappa shape index (κ1) is 11.4. The second-order valence-corrected chi connectivity index (χ2v) is 1.82. The molecule has 8 heteroatoms. The summed E-state index contributed by atoms with van der Waals surface area (Å²) in [5.74, 6) is 0. The van der Waals surface area contributed by atoms with E-state index in [0.29, 0.717) is 0 Å². The van der Waals surface area contributed by atoms with E-state index >= 15 is 0 Å². The average molecular weight is 142 g/mol. The van der Waals surface area contributed by atoms with E-state index in [-0.39, 0.29) is 18.9 Å². The Kier molecular flexibility index (Phi) is 6.32. The predicted molar refractivity (Wildman–Crippen MR) is 21.4 cm³/mol. The summed E-state index contributed by atoms with van der Waals surface area (Å²) in [6.45, 7) is 0. The number of rotatable bonds is 2. The zero-order chi connectivity index (χ0) is 5.91. The normalized spacial score (nSPS) is 10.4. The van der Waals surface area contributed by atoms with Crippen LogP contribution in [-0.2, 0) is 14.0 Å². The van der Waals surface area contributed by atoms with E-state index in [4.69, 9.17) is 4.89 Å². The first-order valence-corrected chi connectivity index (χ1v) is 2.55. The van der Waals surface area contributed by atoms with Crippen LogP contribution < -0.4 is 0 Å². The van der Waals surface area contributed by atoms with E-state index in [1.54, 1.807) is 0 Å². The molecule has 0 atom stereocenters. The van der Waals surface area contributed by atoms with Gasteiger partial charge in [0.25, 0.3) is 0 Å². The van der Waals surface area contributed by atoms with Gasteiger partial charge in [-0.15, -0.1) is 0 Å². The van der Waals surface area contributed by atoms with Crippen LogP contribution in [0.3, 0.4) is 0 Å². The molecule has 0 aromatic heterocycles. The molecule has 0 heterocycles. The van der Waals surface area contributed by atoms with Gasteiger partial charge in [0, 0.05) is 0 Å². The molecule has 0 aliphatic heterocycles. The van der Waals surface area contributed by atoms with Gasteiger partial charge in [0.1, 0.15) is 0 Å². The van der Waals surface area contributed by atoms with Crippen molar-refractivity contribution in [2.45, 2.75) is 0 Å². The first-order valence-electron chi connectivity index (χ1n) is 1.06. The Balaban J connectivity index is 0. The van der Waals surface area contributed by atoms with E-state index in [0.717, 1.165) is 0 Å². The van der Waals surface area contributed by atoms with Gasteiger partial charge in [0.05, 0.1) is 0 Å². The van der Waals surface area contributed by atoms with Gasteiger partial charge in [0.15, 0.2) is 0 Å². The topological polar surface area (TPSA) is 55.8 Å². The van der Waals surface area contributed by atoms with Crippen LogP contribution in [0.15, 0.2) is 0 Å². The van der Waals surface area contributed by atoms with Crippen LogP contribution in [-0.4, -0.2) is 23.8 Å². The SMILES string of the molecule is O=P(O)(OF)OF.[LiH]. The van der Waals surface area contributed by atoms with Crippen LogP contribution in [0, 0.1) is 0 Å². The summed E-state index contributed by atoms with van der Waals surface area (Å²) in [6.07, 6.45) is 0. The number of hydrogen-bond acceptors (Lipinski definition) is 3. The minimum absolute atomic E-state index is 0. The molecule has 0 aromatic carbocycles. The van der Waals surface area contributed by atoms with Gasteiger partial charge in [-0.05, 0) is 9.05 Å². The molecule has 0 aliphatic rings. The molecular weight excluding hydrogens is 140 g/mol. The zero-order valence-corrected chi connectivity index (χ0v) is 3.77. The summed E-state index contributed by atoms with van der Waals surface area (Å²) in [5.41, 5.74) is 0. The maximum absolute atomic E-state index is 10.4. The van der Waals surface area contributed by atoms with E-state index < -0.39 is 7.82 Å². The van der Waals surface area contributed by atoms with Gasteiger partial charge < -0.3 is 0 Å². The van der Waals surface area contributed by atoms with Crippen molar-refractivity contribution in [3.05, 3.63) is 0 Å². The third kappa shape index (κ3) is 4.72. The third-order valence-electron chi connectivity index (χ3n) is 0.174. The third-order valence-corrected chi connectivity index (χ3v) is 0.523. The molecule has 0 fully saturated rings. The second kappa shape index (κ2) is 4.45. The fraction of sp³-hybridized carbons (Fsp3) is 0. The molecule has 0 unspecified atom stereocenters. The Morgan fingerprint density at radius 2 is 1.62 bits per heavy atom. The summed E-state index contributed by atoms with van der Waals surface area (Å²) in [7, 11) is -4.99. The molecule has 0 aliphatic carbocycles. The van der Waals surface area contributed by atoms with E-state index in [9.17, 15) is 13.6 Å². The number of halogens is 2. The standard InChI is InChI=1S/F2HO4P.Li.H/c1-5-7(3,4)6-2;;/h(H,3,4);;. The molecule has 4 nitrogen and oxygen atoms in total. The van der Waals surface area contributed by atoms with Crippen molar-refractivity contribution in [2.75, 3.05) is 0 Å².